The monoisotopic (exact) mass is 1120 g/mol. The normalized spacial score (nSPS) is 14.9. The number of allylic oxidation sites excluding steroid dienone is 1. The molecule has 0 amide bonds. The lowest BCUT2D eigenvalue weighted by molar-refractivity contribution is 0.590. The largest absolute Gasteiger partial charge is 0.335 e. The number of para-hydroxylation sites is 2. The average molecular weight is 1120 g/mol. The Morgan fingerprint density at radius 1 is 0.345 bits per heavy atom. The van der Waals surface area contributed by atoms with Gasteiger partial charge in [-0.3, -0.25) is 0 Å². The second-order valence-electron chi connectivity index (χ2n) is 26.4. The first kappa shape index (κ1) is 54.0. The van der Waals surface area contributed by atoms with Gasteiger partial charge in [-0.1, -0.05) is 273 Å². The lowest BCUT2D eigenvalue weighted by Crippen LogP contribution is -2.61. The van der Waals surface area contributed by atoms with Crippen LogP contribution in [0.1, 0.15) is 88.3 Å². The highest BCUT2D eigenvalue weighted by atomic mass is 15.2. The third-order valence-electron chi connectivity index (χ3n) is 19.6. The van der Waals surface area contributed by atoms with E-state index in [0.717, 1.165) is 12.1 Å². The van der Waals surface area contributed by atoms with Crippen LogP contribution in [0.5, 0.6) is 0 Å². The maximum absolute atomic E-state index is 2.72. The second-order valence-corrected chi connectivity index (χ2v) is 26.4. The van der Waals surface area contributed by atoms with E-state index in [1.165, 1.54) is 133 Å². The number of hydrogen-bond donors (Lipinski definition) is 0. The molecule has 0 N–H and O–H groups in total. The molecule has 12 aromatic carbocycles. The molecule has 1 atom stereocenters. The highest BCUT2D eigenvalue weighted by Gasteiger charge is 2.49. The number of nitrogens with zero attached hydrogens (tertiary/aromatic N) is 2. The van der Waals surface area contributed by atoms with Crippen LogP contribution in [0.15, 0.2) is 296 Å². The first-order valence-corrected chi connectivity index (χ1v) is 31.1. The zero-order valence-electron chi connectivity index (χ0n) is 50.9. The molecule has 87 heavy (non-hydrogen) atoms. The van der Waals surface area contributed by atoms with E-state index in [2.05, 4.69) is 343 Å². The zero-order valence-corrected chi connectivity index (χ0v) is 50.9. The molecular formula is C84H71BN2. The Morgan fingerprint density at radius 3 is 1.33 bits per heavy atom. The van der Waals surface area contributed by atoms with Gasteiger partial charge in [0.25, 0.3) is 0 Å². The van der Waals surface area contributed by atoms with E-state index >= 15 is 0 Å². The van der Waals surface area contributed by atoms with Gasteiger partial charge in [-0.15, -0.1) is 0 Å². The minimum absolute atomic E-state index is 0.0154. The lowest BCUT2D eigenvalue weighted by Gasteiger charge is -2.51. The van der Waals surface area contributed by atoms with Crippen LogP contribution >= 0.6 is 0 Å². The molecule has 0 spiro atoms. The van der Waals surface area contributed by atoms with Crippen LogP contribution in [0.4, 0.5) is 22.7 Å². The quantitative estimate of drug-likeness (QED) is 0.0995. The van der Waals surface area contributed by atoms with E-state index in [-0.39, 0.29) is 29.0 Å². The van der Waals surface area contributed by atoms with E-state index in [1.54, 1.807) is 0 Å². The van der Waals surface area contributed by atoms with E-state index in [1.807, 2.05) is 0 Å². The Balaban J connectivity index is 1.03. The molecule has 0 aromatic heterocycles. The summed E-state index contributed by atoms with van der Waals surface area (Å²) in [7, 11) is 0. The fraction of sp³-hybridized carbons (Fsp3) is 0.143. The van der Waals surface area contributed by atoms with Gasteiger partial charge >= 0.3 is 0 Å². The van der Waals surface area contributed by atoms with Crippen molar-refractivity contribution in [3.05, 3.63) is 330 Å². The van der Waals surface area contributed by atoms with Gasteiger partial charge in [0.05, 0.1) is 6.04 Å². The Bertz CT molecular complexity index is 4630. The fourth-order valence-corrected chi connectivity index (χ4v) is 14.8. The van der Waals surface area contributed by atoms with Crippen LogP contribution in [-0.4, -0.2) is 12.8 Å². The minimum atomic E-state index is -0.273. The fourth-order valence-electron chi connectivity index (χ4n) is 14.8. The number of fused-ring (bicyclic) bond motifs is 6. The van der Waals surface area contributed by atoms with Gasteiger partial charge in [-0.25, -0.2) is 0 Å². The summed E-state index contributed by atoms with van der Waals surface area (Å²) in [6, 6.07) is 105. The predicted octanol–water partition coefficient (Wildman–Crippen LogP) is 20.5. The van der Waals surface area contributed by atoms with Crippen LogP contribution in [0, 0.1) is 0 Å². The summed E-state index contributed by atoms with van der Waals surface area (Å²) >= 11 is 0. The van der Waals surface area contributed by atoms with E-state index in [4.69, 9.17) is 0 Å². The zero-order chi connectivity index (χ0) is 59.2. The van der Waals surface area contributed by atoms with Crippen molar-refractivity contribution >= 4 is 67.5 Å². The standard InChI is InChI=1S/C84H71BN2/c1-82(2,3)64-35-27-30-57(51-64)58-48-59(50-61(49-58)80-71-42-25-23-40-69(71)79(56-28-13-8-14-29-56)70-41-24-26-43-72(70)80)60-52-77-81-78(53-60)87(68-38-21-12-22-39-68)76-55-66(84(6,7)63-33-17-10-18-34-63)45-47-74(76)85(81)73-46-44-65(83(4,5)62-31-15-9-16-32-62)54-75(73)86(77)67-36-19-11-20-37-67/h8-52,54-55,78H,53H2,1-7H3. The van der Waals surface area contributed by atoms with Crippen molar-refractivity contribution in [2.24, 2.45) is 0 Å². The summed E-state index contributed by atoms with van der Waals surface area (Å²) in [6.07, 6.45) is 3.39. The maximum atomic E-state index is 2.72. The van der Waals surface area contributed by atoms with Crippen molar-refractivity contribution in [3.8, 4) is 33.4 Å². The van der Waals surface area contributed by atoms with E-state index < -0.39 is 0 Å². The second kappa shape index (κ2) is 21.1. The molecule has 2 heterocycles. The SMILES string of the molecule is CC(C)(C)c1cccc(-c2cc(C3=CC4=C5B(c6ccc(C(C)(C)c7ccccc7)cc6N4c4ccccc4)c4ccc(C(C)(C)c6ccccc6)cc4N(c4ccccc4)C5C3)cc(-c3c4ccccc4c(-c4ccccc4)c4ccccc34)c2)c1. The molecule has 3 heteroatoms. The summed E-state index contributed by atoms with van der Waals surface area (Å²) in [5, 5.41) is 4.99. The Morgan fingerprint density at radius 2 is 0.782 bits per heavy atom. The highest BCUT2D eigenvalue weighted by molar-refractivity contribution is 6.94. The minimum Gasteiger partial charge on any atom is -0.335 e. The molecule has 420 valence electrons. The molecule has 15 rings (SSSR count). The first-order valence-electron chi connectivity index (χ1n) is 31.1. The van der Waals surface area contributed by atoms with Gasteiger partial charge in [0, 0.05) is 39.3 Å². The van der Waals surface area contributed by atoms with Crippen molar-refractivity contribution in [1.82, 2.24) is 0 Å². The molecule has 2 nitrogen and oxygen atoms in total. The van der Waals surface area contributed by atoms with Crippen LogP contribution in [0.2, 0.25) is 0 Å². The number of rotatable bonds is 10. The predicted molar refractivity (Wildman–Crippen MR) is 372 cm³/mol. The maximum Gasteiger partial charge on any atom is 0.247 e. The van der Waals surface area contributed by atoms with Gasteiger partial charge in [-0.2, -0.15) is 0 Å². The van der Waals surface area contributed by atoms with Crippen molar-refractivity contribution in [3.63, 3.8) is 0 Å². The third kappa shape index (κ3) is 9.17. The van der Waals surface area contributed by atoms with Crippen molar-refractivity contribution < 1.29 is 0 Å². The van der Waals surface area contributed by atoms with Gasteiger partial charge in [0.15, 0.2) is 0 Å². The topological polar surface area (TPSA) is 6.48 Å². The van der Waals surface area contributed by atoms with Crippen LogP contribution in [0.25, 0.3) is 60.5 Å². The number of anilines is 4. The molecule has 1 aliphatic carbocycles. The summed E-state index contributed by atoms with van der Waals surface area (Å²) in [6.45, 7) is 16.5. The summed E-state index contributed by atoms with van der Waals surface area (Å²) in [4.78, 5) is 5.35. The Hall–Kier alpha value is -9.70. The van der Waals surface area contributed by atoms with Crippen LogP contribution < -0.4 is 20.7 Å². The Kier molecular flexibility index (Phi) is 13.1. The Labute approximate surface area is 514 Å². The molecular weight excluding hydrogens is 1050 g/mol. The molecule has 3 aliphatic rings. The number of benzene rings is 12. The average Bonchev–Trinajstić information content (AvgIpc) is 0.883. The van der Waals surface area contributed by atoms with Crippen molar-refractivity contribution in [2.45, 2.75) is 77.2 Å². The van der Waals surface area contributed by atoms with Crippen molar-refractivity contribution in [2.75, 3.05) is 9.80 Å². The van der Waals surface area contributed by atoms with Gasteiger partial charge in [0.2, 0.25) is 6.71 Å². The van der Waals surface area contributed by atoms with Crippen molar-refractivity contribution in [1.29, 1.82) is 0 Å². The van der Waals surface area contributed by atoms with Gasteiger partial charge in [0.1, 0.15) is 0 Å². The first-order chi connectivity index (χ1) is 42.3. The van der Waals surface area contributed by atoms with Gasteiger partial charge < -0.3 is 9.80 Å². The lowest BCUT2D eigenvalue weighted by atomic mass is 9.31. The third-order valence-corrected chi connectivity index (χ3v) is 19.6. The summed E-state index contributed by atoms with van der Waals surface area (Å²) in [5.74, 6) is 0. The van der Waals surface area contributed by atoms with Crippen LogP contribution in [-0.2, 0) is 16.2 Å². The smallest absolute Gasteiger partial charge is 0.247 e. The summed E-state index contributed by atoms with van der Waals surface area (Å²) < 4.78 is 0. The van der Waals surface area contributed by atoms with Crippen LogP contribution in [0.3, 0.4) is 0 Å². The molecule has 0 bridgehead atoms. The summed E-state index contributed by atoms with van der Waals surface area (Å²) in [5.41, 5.74) is 26.0. The molecule has 1 unspecified atom stereocenters. The van der Waals surface area contributed by atoms with E-state index in [9.17, 15) is 0 Å². The van der Waals surface area contributed by atoms with Gasteiger partial charge in [-0.05, 0) is 183 Å². The van der Waals surface area contributed by atoms with E-state index in [0.29, 0.717) is 0 Å². The molecule has 0 radical (unpaired) electrons. The molecule has 12 aromatic rings. The highest BCUT2D eigenvalue weighted by Crippen LogP contribution is 2.52. The molecule has 0 saturated carbocycles. The molecule has 0 saturated heterocycles. The molecule has 0 fully saturated rings. The molecule has 2 aliphatic heterocycles. The number of hydrogen-bond acceptors (Lipinski definition) is 2.